The van der Waals surface area contributed by atoms with Gasteiger partial charge in [-0.15, -0.1) is 0 Å². The number of fused-ring (bicyclic) bond motifs is 5. The zero-order valence-electron chi connectivity index (χ0n) is 39.4. The Morgan fingerprint density at radius 3 is 2.13 bits per heavy atom. The first-order valence-electron chi connectivity index (χ1n) is 22.3. The van der Waals surface area contributed by atoms with Gasteiger partial charge in [0.2, 0.25) is 23.6 Å². The summed E-state index contributed by atoms with van der Waals surface area (Å²) in [5.74, 6) is -2.28. The average Bonchev–Trinajstić information content (AvgIpc) is 3.28. The Balaban J connectivity index is 1.58. The lowest BCUT2D eigenvalue weighted by atomic mass is 9.86. The van der Waals surface area contributed by atoms with E-state index in [0.717, 1.165) is 5.56 Å². The van der Waals surface area contributed by atoms with Crippen molar-refractivity contribution in [3.05, 3.63) is 88.2 Å². The van der Waals surface area contributed by atoms with Crippen LogP contribution < -0.4 is 42.2 Å². The second kappa shape index (κ2) is 22.4. The van der Waals surface area contributed by atoms with Crippen LogP contribution in [0.25, 0.3) is 22.5 Å². The van der Waals surface area contributed by atoms with Gasteiger partial charge in [-0.05, 0) is 85.7 Å². The highest BCUT2D eigenvalue weighted by molar-refractivity contribution is 6.00. The summed E-state index contributed by atoms with van der Waals surface area (Å²) in [6, 6.07) is 12.5. The molecule has 5 amide bonds. The third kappa shape index (κ3) is 12.2. The highest BCUT2D eigenvalue weighted by Crippen LogP contribution is 2.40. The van der Waals surface area contributed by atoms with Crippen molar-refractivity contribution in [2.75, 3.05) is 39.9 Å². The highest BCUT2D eigenvalue weighted by atomic mass is 16.5. The van der Waals surface area contributed by atoms with Gasteiger partial charge in [-0.3, -0.25) is 24.0 Å². The Bertz CT molecular complexity index is 2510. The number of carbonyl (C=O) groups excluding carboxylic acids is 5. The van der Waals surface area contributed by atoms with Crippen molar-refractivity contribution < 1.29 is 38.6 Å². The van der Waals surface area contributed by atoms with E-state index >= 15 is 0 Å². The van der Waals surface area contributed by atoms with Crippen molar-refractivity contribution in [2.45, 2.75) is 97.3 Å². The molecule has 0 aliphatic carbocycles. The number of hydrogen-bond donors (Lipinski definition) is 7. The van der Waals surface area contributed by atoms with Crippen LogP contribution in [0.15, 0.2) is 54.6 Å². The minimum atomic E-state index is -1.39. The lowest BCUT2D eigenvalue weighted by molar-refractivity contribution is -0.141. The summed E-state index contributed by atoms with van der Waals surface area (Å²) >= 11 is 0. The number of ether oxygens (including phenoxy) is 2. The van der Waals surface area contributed by atoms with Gasteiger partial charge in [-0.1, -0.05) is 52.3 Å². The second-order valence-corrected chi connectivity index (χ2v) is 17.5. The monoisotopic (exact) mass is 918 g/mol. The standard InChI is InChI=1S/C49H62N10O8/c1-9-10-36(57-46(63)41-27(2)54-43(55-28(41)3)33-14-13-32(26-38(33)60)49(5,6)7)48(65)59(8)42-31-12-16-40(67-22-19-52)35(25-31)34-23-30(11-15-39(34)66-21-18-51)24-37(45(62)53-20-17-50)58-44(61)29(4)56-47(42)64/h11-16,23,25-26,29,36-37,42,60H,9-10,18-22,24,51-52H2,1-8H3,(H,53,62)(H,56,64)(H,57,63)(H,58,61)/t29-,36-,37-,42-/m0/s1. The van der Waals surface area contributed by atoms with Gasteiger partial charge >= 0.3 is 0 Å². The number of phenols is 1. The maximum atomic E-state index is 14.8. The summed E-state index contributed by atoms with van der Waals surface area (Å²) in [7, 11) is 1.44. The molecule has 9 N–H and O–H groups in total. The molecule has 0 saturated carbocycles. The number of aromatic nitrogens is 2. The SMILES string of the molecule is CCC[C@H](NC(=O)c1c(C)nc(-c2ccc(C(C)(C)C)cc2O)nc1C)C(=O)N(C)[C@@H]1C(=O)N[C@@H](C)C(=O)N[C@H](C(=O)NCC#N)Cc2ccc(OCCN)c(c2)-c2cc1ccc2OCCN. The number of nitriles is 1. The fourth-order valence-corrected chi connectivity index (χ4v) is 7.83. The molecule has 67 heavy (non-hydrogen) atoms. The highest BCUT2D eigenvalue weighted by Gasteiger charge is 2.36. The fourth-order valence-electron chi connectivity index (χ4n) is 7.83. The second-order valence-electron chi connectivity index (χ2n) is 17.5. The molecule has 4 aromatic rings. The number of hydrogen-bond acceptors (Lipinski definition) is 13. The van der Waals surface area contributed by atoms with Gasteiger partial charge in [0, 0.05) is 37.7 Å². The molecule has 18 heteroatoms. The predicted octanol–water partition coefficient (Wildman–Crippen LogP) is 3.39. The van der Waals surface area contributed by atoms with Gasteiger partial charge in [0.05, 0.1) is 28.6 Å². The number of nitrogens with two attached hydrogens (primary N) is 2. The molecule has 0 spiro atoms. The van der Waals surface area contributed by atoms with E-state index in [-0.39, 0.29) is 68.2 Å². The molecule has 0 saturated heterocycles. The number of benzene rings is 3. The number of aryl methyl sites for hydroxylation is 2. The molecule has 1 aliphatic heterocycles. The molecule has 1 aromatic heterocycles. The number of amides is 5. The summed E-state index contributed by atoms with van der Waals surface area (Å²) in [6.45, 7) is 13.1. The maximum absolute atomic E-state index is 14.8. The lowest BCUT2D eigenvalue weighted by Gasteiger charge is -2.32. The Morgan fingerprint density at radius 2 is 1.55 bits per heavy atom. The normalized spacial score (nSPS) is 16.6. The van der Waals surface area contributed by atoms with E-state index in [1.54, 1.807) is 62.4 Å². The van der Waals surface area contributed by atoms with Gasteiger partial charge in [-0.2, -0.15) is 5.26 Å². The van der Waals surface area contributed by atoms with Crippen molar-refractivity contribution in [1.82, 2.24) is 36.1 Å². The van der Waals surface area contributed by atoms with E-state index in [1.165, 1.54) is 18.9 Å². The van der Waals surface area contributed by atoms with Crippen LogP contribution in [0.4, 0.5) is 0 Å². The van der Waals surface area contributed by atoms with E-state index < -0.39 is 53.7 Å². The molecule has 0 radical (unpaired) electrons. The van der Waals surface area contributed by atoms with Crippen LogP contribution >= 0.6 is 0 Å². The predicted molar refractivity (Wildman–Crippen MR) is 252 cm³/mol. The number of aromatic hydroxyl groups is 1. The summed E-state index contributed by atoms with van der Waals surface area (Å²) < 4.78 is 12.2. The van der Waals surface area contributed by atoms with Crippen LogP contribution in [0.1, 0.15) is 91.9 Å². The van der Waals surface area contributed by atoms with Gasteiger partial charge in [0.1, 0.15) is 61.2 Å². The first-order chi connectivity index (χ1) is 31.8. The molecular weight excluding hydrogens is 857 g/mol. The maximum Gasteiger partial charge on any atom is 0.255 e. The molecule has 0 unspecified atom stereocenters. The molecule has 18 nitrogen and oxygen atoms in total. The van der Waals surface area contributed by atoms with E-state index in [1.807, 2.05) is 39.8 Å². The first kappa shape index (κ1) is 50.9. The minimum Gasteiger partial charge on any atom is -0.507 e. The summed E-state index contributed by atoms with van der Waals surface area (Å²) in [5.41, 5.74) is 15.5. The molecule has 2 heterocycles. The molecule has 3 aromatic carbocycles. The molecule has 1 aliphatic rings. The molecule has 4 bridgehead atoms. The molecule has 356 valence electrons. The average molecular weight is 919 g/mol. The molecule has 5 rings (SSSR count). The number of likely N-dealkylation sites (N-methyl/N-ethyl adjacent to an activating group) is 1. The summed E-state index contributed by atoms with van der Waals surface area (Å²) in [5, 5.41) is 30.9. The van der Waals surface area contributed by atoms with E-state index in [0.29, 0.717) is 57.1 Å². The van der Waals surface area contributed by atoms with Gasteiger partial charge in [-0.25, -0.2) is 9.97 Å². The Kier molecular flexibility index (Phi) is 17.0. The minimum absolute atomic E-state index is 0.000699. The number of nitrogens with zero attached hydrogens (tertiary/aromatic N) is 4. The van der Waals surface area contributed by atoms with Crippen LogP contribution in [-0.2, 0) is 31.0 Å². The molecular formula is C49H62N10O8. The van der Waals surface area contributed by atoms with E-state index in [9.17, 15) is 34.3 Å². The Hall–Kier alpha value is -7.10. The Morgan fingerprint density at radius 1 is 0.925 bits per heavy atom. The topological polar surface area (TPSA) is 277 Å². The van der Waals surface area contributed by atoms with Crippen molar-refractivity contribution in [3.63, 3.8) is 0 Å². The third-order valence-electron chi connectivity index (χ3n) is 11.3. The van der Waals surface area contributed by atoms with Crippen LogP contribution in [0.5, 0.6) is 17.2 Å². The molecule has 0 fully saturated rings. The first-order valence-corrected chi connectivity index (χ1v) is 22.3. The fraction of sp³-hybridized carbons (Fsp3) is 0.429. The lowest BCUT2D eigenvalue weighted by Crippen LogP contribution is -2.56. The van der Waals surface area contributed by atoms with Gasteiger partial charge in [0.15, 0.2) is 5.82 Å². The zero-order chi connectivity index (χ0) is 49.2. The smallest absolute Gasteiger partial charge is 0.255 e. The quantitative estimate of drug-likeness (QED) is 0.0844. The van der Waals surface area contributed by atoms with Crippen molar-refractivity contribution in [3.8, 4) is 45.8 Å². The zero-order valence-corrected chi connectivity index (χ0v) is 39.4. The van der Waals surface area contributed by atoms with Gasteiger partial charge < -0.3 is 52.2 Å². The van der Waals surface area contributed by atoms with Gasteiger partial charge in [0.25, 0.3) is 5.91 Å². The molecule has 4 atom stereocenters. The Labute approximate surface area is 391 Å². The van der Waals surface area contributed by atoms with E-state index in [4.69, 9.17) is 20.9 Å². The van der Waals surface area contributed by atoms with Crippen LogP contribution in [0.3, 0.4) is 0 Å². The number of nitrogens with one attached hydrogen (secondary N) is 4. The van der Waals surface area contributed by atoms with Crippen LogP contribution in [0, 0.1) is 25.2 Å². The van der Waals surface area contributed by atoms with Crippen LogP contribution in [-0.4, -0.2) is 108 Å². The van der Waals surface area contributed by atoms with Crippen molar-refractivity contribution in [2.24, 2.45) is 11.5 Å². The number of rotatable bonds is 15. The third-order valence-corrected chi connectivity index (χ3v) is 11.3. The largest absolute Gasteiger partial charge is 0.507 e. The van der Waals surface area contributed by atoms with E-state index in [2.05, 4.69) is 31.2 Å². The summed E-state index contributed by atoms with van der Waals surface area (Å²) in [6.07, 6.45) is 0.660. The van der Waals surface area contributed by atoms with Crippen LogP contribution in [0.2, 0.25) is 0 Å². The number of carbonyl (C=O) groups is 5. The van der Waals surface area contributed by atoms with Crippen molar-refractivity contribution >= 4 is 29.5 Å². The van der Waals surface area contributed by atoms with Crippen molar-refractivity contribution in [1.29, 1.82) is 5.26 Å². The summed E-state index contributed by atoms with van der Waals surface area (Å²) in [4.78, 5) is 81.1. The number of phenolic OH excluding ortho intramolecular Hbond substituents is 1.